The van der Waals surface area contributed by atoms with Crippen molar-refractivity contribution < 1.29 is 19.4 Å². The van der Waals surface area contributed by atoms with Gasteiger partial charge in [-0.05, 0) is 56.5 Å². The molecule has 0 spiro atoms. The van der Waals surface area contributed by atoms with Crippen LogP contribution in [0.4, 0.5) is 5.69 Å². The molecule has 0 saturated carbocycles. The van der Waals surface area contributed by atoms with Gasteiger partial charge in [-0.3, -0.25) is 9.59 Å². The molecular weight excluding hydrogens is 374 g/mol. The van der Waals surface area contributed by atoms with Gasteiger partial charge in [-0.25, -0.2) is 9.50 Å². The minimum atomic E-state index is -0.839. The van der Waals surface area contributed by atoms with Gasteiger partial charge in [0.2, 0.25) is 5.91 Å². The number of aromatic nitrogens is 4. The Morgan fingerprint density at radius 2 is 1.93 bits per heavy atom. The number of benzene rings is 1. The smallest absolute Gasteiger partial charge is 0.303 e. The SMILES string of the molecule is Cc1nc2ncnn2c(C)c1CCC(=O)Nc1ccc(OCCCC(=O)O)cc1. The lowest BCUT2D eigenvalue weighted by atomic mass is 10.1. The normalized spacial score (nSPS) is 10.8. The van der Waals surface area contributed by atoms with Gasteiger partial charge < -0.3 is 15.2 Å². The highest BCUT2D eigenvalue weighted by Crippen LogP contribution is 2.18. The lowest BCUT2D eigenvalue weighted by Crippen LogP contribution is -2.14. The number of fused-ring (bicyclic) bond motifs is 1. The van der Waals surface area contributed by atoms with E-state index in [0.29, 0.717) is 43.1 Å². The Labute approximate surface area is 167 Å². The predicted octanol–water partition coefficient (Wildman–Crippen LogP) is 2.56. The van der Waals surface area contributed by atoms with Gasteiger partial charge in [-0.15, -0.1) is 0 Å². The molecule has 1 amide bonds. The van der Waals surface area contributed by atoms with Crippen molar-refractivity contribution in [3.8, 4) is 5.75 Å². The Balaban J connectivity index is 1.51. The summed E-state index contributed by atoms with van der Waals surface area (Å²) in [5.74, 6) is 0.247. The molecule has 1 aromatic carbocycles. The summed E-state index contributed by atoms with van der Waals surface area (Å²) in [6.45, 7) is 4.18. The number of aliphatic carboxylic acids is 1. The van der Waals surface area contributed by atoms with Crippen LogP contribution in [0.15, 0.2) is 30.6 Å². The van der Waals surface area contributed by atoms with Crippen LogP contribution in [0.25, 0.3) is 5.78 Å². The Bertz CT molecular complexity index is 1010. The number of nitrogens with one attached hydrogen (secondary N) is 1. The summed E-state index contributed by atoms with van der Waals surface area (Å²) in [7, 11) is 0. The van der Waals surface area contributed by atoms with Gasteiger partial charge in [0.25, 0.3) is 5.78 Å². The van der Waals surface area contributed by atoms with E-state index in [1.807, 2.05) is 13.8 Å². The van der Waals surface area contributed by atoms with Crippen molar-refractivity contribution >= 4 is 23.3 Å². The van der Waals surface area contributed by atoms with E-state index in [4.69, 9.17) is 9.84 Å². The summed E-state index contributed by atoms with van der Waals surface area (Å²) in [5, 5.41) is 15.6. The predicted molar refractivity (Wildman–Crippen MR) is 106 cm³/mol. The van der Waals surface area contributed by atoms with Crippen LogP contribution < -0.4 is 10.1 Å². The summed E-state index contributed by atoms with van der Waals surface area (Å²) >= 11 is 0. The number of hydrogen-bond acceptors (Lipinski definition) is 6. The van der Waals surface area contributed by atoms with Crippen LogP contribution in [0.5, 0.6) is 5.75 Å². The van der Waals surface area contributed by atoms with Gasteiger partial charge in [-0.2, -0.15) is 10.1 Å². The molecule has 0 radical (unpaired) electrons. The molecule has 3 aromatic rings. The summed E-state index contributed by atoms with van der Waals surface area (Å²) in [6, 6.07) is 6.99. The van der Waals surface area contributed by atoms with Gasteiger partial charge in [0.05, 0.1) is 6.61 Å². The second-order valence-electron chi connectivity index (χ2n) is 6.65. The number of amides is 1. The van der Waals surface area contributed by atoms with Crippen LogP contribution >= 0.6 is 0 Å². The second-order valence-corrected chi connectivity index (χ2v) is 6.65. The number of ether oxygens (including phenoxy) is 1. The molecule has 2 aromatic heterocycles. The molecule has 3 rings (SSSR count). The maximum Gasteiger partial charge on any atom is 0.303 e. The average Bonchev–Trinajstić information content (AvgIpc) is 3.14. The van der Waals surface area contributed by atoms with Crippen LogP contribution in [0.1, 0.15) is 36.2 Å². The molecule has 0 unspecified atom stereocenters. The van der Waals surface area contributed by atoms with Gasteiger partial charge in [-0.1, -0.05) is 0 Å². The first-order chi connectivity index (χ1) is 13.9. The first-order valence-electron chi connectivity index (χ1n) is 9.34. The summed E-state index contributed by atoms with van der Waals surface area (Å²) < 4.78 is 7.16. The van der Waals surface area contributed by atoms with E-state index in [2.05, 4.69) is 20.4 Å². The Hall–Kier alpha value is -3.49. The minimum absolute atomic E-state index is 0.0758. The van der Waals surface area contributed by atoms with Crippen LogP contribution in [0.3, 0.4) is 0 Å². The van der Waals surface area contributed by atoms with Crippen molar-refractivity contribution in [1.82, 2.24) is 19.6 Å². The highest BCUT2D eigenvalue weighted by Gasteiger charge is 2.12. The van der Waals surface area contributed by atoms with Gasteiger partial charge >= 0.3 is 5.97 Å². The van der Waals surface area contributed by atoms with Crippen molar-refractivity contribution in [2.45, 2.75) is 39.5 Å². The van der Waals surface area contributed by atoms with Crippen molar-refractivity contribution in [1.29, 1.82) is 0 Å². The van der Waals surface area contributed by atoms with E-state index < -0.39 is 5.97 Å². The molecule has 0 atom stereocenters. The van der Waals surface area contributed by atoms with E-state index in [-0.39, 0.29) is 12.3 Å². The fourth-order valence-corrected chi connectivity index (χ4v) is 3.03. The standard InChI is InChI=1S/C20H23N5O4/c1-13-17(14(2)25-20(23-13)21-12-22-25)9-10-18(26)24-15-5-7-16(8-6-15)29-11-3-4-19(27)28/h5-8,12H,3-4,9-11H2,1-2H3,(H,24,26)(H,27,28). The molecule has 0 fully saturated rings. The van der Waals surface area contributed by atoms with Gasteiger partial charge in [0.15, 0.2) is 0 Å². The van der Waals surface area contributed by atoms with Crippen LogP contribution in [0.2, 0.25) is 0 Å². The topological polar surface area (TPSA) is 119 Å². The fraction of sp³-hybridized carbons (Fsp3) is 0.350. The van der Waals surface area contributed by atoms with Crippen molar-refractivity contribution in [3.05, 3.63) is 47.5 Å². The van der Waals surface area contributed by atoms with Gasteiger partial charge in [0, 0.05) is 29.9 Å². The fourth-order valence-electron chi connectivity index (χ4n) is 3.03. The lowest BCUT2D eigenvalue weighted by Gasteiger charge is -2.11. The average molecular weight is 397 g/mol. The Morgan fingerprint density at radius 1 is 1.17 bits per heavy atom. The maximum absolute atomic E-state index is 12.3. The number of carboxylic acid groups (broad SMARTS) is 1. The Kier molecular flexibility index (Phi) is 6.38. The molecule has 0 aliphatic rings. The van der Waals surface area contributed by atoms with Crippen LogP contribution in [-0.4, -0.2) is 43.2 Å². The zero-order valence-corrected chi connectivity index (χ0v) is 16.4. The molecule has 9 heteroatoms. The number of rotatable bonds is 9. The van der Waals surface area contributed by atoms with E-state index in [0.717, 1.165) is 17.0 Å². The van der Waals surface area contributed by atoms with Crippen LogP contribution in [-0.2, 0) is 16.0 Å². The molecule has 152 valence electrons. The maximum atomic E-state index is 12.3. The molecular formula is C20H23N5O4. The number of carbonyl (C=O) groups is 2. The number of anilines is 1. The van der Waals surface area contributed by atoms with Gasteiger partial charge in [0.1, 0.15) is 12.1 Å². The molecule has 2 N–H and O–H groups in total. The lowest BCUT2D eigenvalue weighted by molar-refractivity contribution is -0.137. The second kappa shape index (κ2) is 9.13. The molecule has 9 nitrogen and oxygen atoms in total. The number of aryl methyl sites for hydroxylation is 2. The van der Waals surface area contributed by atoms with E-state index in [1.165, 1.54) is 6.33 Å². The largest absolute Gasteiger partial charge is 0.494 e. The summed E-state index contributed by atoms with van der Waals surface area (Å²) in [4.78, 5) is 31.3. The van der Waals surface area contributed by atoms with E-state index in [9.17, 15) is 9.59 Å². The minimum Gasteiger partial charge on any atom is -0.494 e. The monoisotopic (exact) mass is 397 g/mol. The molecule has 0 aliphatic heterocycles. The summed E-state index contributed by atoms with van der Waals surface area (Å²) in [5.41, 5.74) is 3.44. The molecule has 0 bridgehead atoms. The zero-order chi connectivity index (χ0) is 20.8. The zero-order valence-electron chi connectivity index (χ0n) is 16.4. The number of hydrogen-bond donors (Lipinski definition) is 2. The number of nitrogens with zero attached hydrogens (tertiary/aromatic N) is 4. The highest BCUT2D eigenvalue weighted by atomic mass is 16.5. The van der Waals surface area contributed by atoms with E-state index >= 15 is 0 Å². The molecule has 0 aliphatic carbocycles. The third kappa shape index (κ3) is 5.28. The molecule has 29 heavy (non-hydrogen) atoms. The first kappa shape index (κ1) is 20.2. The van der Waals surface area contributed by atoms with E-state index in [1.54, 1.807) is 28.8 Å². The third-order valence-electron chi connectivity index (χ3n) is 4.53. The Morgan fingerprint density at radius 3 is 2.66 bits per heavy atom. The molecule has 0 saturated heterocycles. The molecule has 2 heterocycles. The van der Waals surface area contributed by atoms with Crippen LogP contribution in [0, 0.1) is 13.8 Å². The van der Waals surface area contributed by atoms with Crippen molar-refractivity contribution in [2.75, 3.05) is 11.9 Å². The number of carboxylic acids is 1. The van der Waals surface area contributed by atoms with Crippen molar-refractivity contribution in [3.63, 3.8) is 0 Å². The highest BCUT2D eigenvalue weighted by molar-refractivity contribution is 5.90. The quantitative estimate of drug-likeness (QED) is 0.533. The summed E-state index contributed by atoms with van der Waals surface area (Å²) in [6.07, 6.45) is 2.85. The first-order valence-corrected chi connectivity index (χ1v) is 9.34. The number of carbonyl (C=O) groups excluding carboxylic acids is 1. The third-order valence-corrected chi connectivity index (χ3v) is 4.53. The van der Waals surface area contributed by atoms with Crippen molar-refractivity contribution in [2.24, 2.45) is 0 Å².